The molecule has 1 aromatic heterocycles. The van der Waals surface area contributed by atoms with Gasteiger partial charge in [-0.25, -0.2) is 0 Å². The van der Waals surface area contributed by atoms with E-state index >= 15 is 0 Å². The lowest BCUT2D eigenvalue weighted by atomic mass is 9.97. The second-order valence-corrected chi connectivity index (χ2v) is 4.92. The quantitative estimate of drug-likeness (QED) is 0.899. The minimum atomic E-state index is -0.808. The summed E-state index contributed by atoms with van der Waals surface area (Å²) >= 11 is 0. The second-order valence-electron chi connectivity index (χ2n) is 4.92. The maximum absolute atomic E-state index is 10.9. The summed E-state index contributed by atoms with van der Waals surface area (Å²) in [6, 6.07) is 7.96. The Morgan fingerprint density at radius 3 is 2.67 bits per heavy atom. The van der Waals surface area contributed by atoms with Crippen molar-refractivity contribution < 1.29 is 9.90 Å². The van der Waals surface area contributed by atoms with Gasteiger partial charge in [0.2, 0.25) is 0 Å². The number of aliphatic carboxylic acids is 1. The Morgan fingerprint density at radius 1 is 1.33 bits per heavy atom. The number of aromatic nitrogens is 1. The average molecular weight is 243 g/mol. The van der Waals surface area contributed by atoms with Crippen LogP contribution in [-0.2, 0) is 11.2 Å². The molecule has 2 aromatic rings. The molecule has 0 aliphatic heterocycles. The van der Waals surface area contributed by atoms with E-state index in [9.17, 15) is 4.79 Å². The zero-order valence-electron chi connectivity index (χ0n) is 10.9. The molecule has 0 saturated carbocycles. The largest absolute Gasteiger partial charge is 0.481 e. The molecular formula is C15H17NO2. The van der Waals surface area contributed by atoms with Crippen LogP contribution in [0.1, 0.15) is 36.6 Å². The van der Waals surface area contributed by atoms with E-state index in [2.05, 4.69) is 31.0 Å². The number of fused-ring (bicyclic) bond motifs is 1. The zero-order chi connectivity index (χ0) is 13.3. The highest BCUT2D eigenvalue weighted by Gasteiger charge is 2.09. The molecule has 3 nitrogen and oxygen atoms in total. The average Bonchev–Trinajstić information content (AvgIpc) is 2.27. The van der Waals surface area contributed by atoms with Crippen LogP contribution < -0.4 is 0 Å². The fraction of sp³-hybridized carbons (Fsp3) is 0.333. The Kier molecular flexibility index (Phi) is 3.32. The first-order chi connectivity index (χ1) is 8.47. The van der Waals surface area contributed by atoms with E-state index < -0.39 is 5.97 Å². The van der Waals surface area contributed by atoms with E-state index in [0.29, 0.717) is 5.92 Å². The monoisotopic (exact) mass is 243 g/mol. The van der Waals surface area contributed by atoms with Crippen LogP contribution in [0.4, 0.5) is 0 Å². The number of benzene rings is 1. The molecule has 0 saturated heterocycles. The van der Waals surface area contributed by atoms with Gasteiger partial charge in [-0.05, 0) is 42.2 Å². The molecule has 0 aliphatic rings. The Balaban J connectivity index is 2.65. The summed E-state index contributed by atoms with van der Waals surface area (Å²) in [7, 11) is 0. The fourth-order valence-electron chi connectivity index (χ4n) is 2.13. The molecule has 18 heavy (non-hydrogen) atoms. The summed E-state index contributed by atoms with van der Waals surface area (Å²) in [5, 5.41) is 9.93. The smallest absolute Gasteiger partial charge is 0.307 e. The summed E-state index contributed by atoms with van der Waals surface area (Å²) in [5.74, 6) is -0.384. The van der Waals surface area contributed by atoms with E-state index in [1.165, 1.54) is 5.56 Å². The van der Waals surface area contributed by atoms with Crippen molar-refractivity contribution in [3.8, 4) is 0 Å². The van der Waals surface area contributed by atoms with Crippen molar-refractivity contribution in [2.75, 3.05) is 0 Å². The van der Waals surface area contributed by atoms with Crippen LogP contribution in [0, 0.1) is 6.92 Å². The Labute approximate surface area is 106 Å². The molecule has 0 unspecified atom stereocenters. The van der Waals surface area contributed by atoms with Crippen molar-refractivity contribution in [2.45, 2.75) is 33.1 Å². The number of aryl methyl sites for hydroxylation is 1. The molecule has 0 amide bonds. The standard InChI is InChI=1S/C15H17NO2/c1-9(2)11-4-5-14-13(7-11)12(8-15(17)18)6-10(3)16-14/h4-7,9H,8H2,1-3H3,(H,17,18). The number of hydrogen-bond donors (Lipinski definition) is 1. The van der Waals surface area contributed by atoms with Crippen molar-refractivity contribution in [1.29, 1.82) is 0 Å². The lowest BCUT2D eigenvalue weighted by molar-refractivity contribution is -0.136. The summed E-state index contributed by atoms with van der Waals surface area (Å²) in [5.41, 5.74) is 3.78. The zero-order valence-corrected chi connectivity index (χ0v) is 10.9. The number of carboxylic acids is 1. The van der Waals surface area contributed by atoms with Crippen LogP contribution in [0.3, 0.4) is 0 Å². The molecule has 94 valence electrons. The van der Waals surface area contributed by atoms with E-state index in [0.717, 1.165) is 22.2 Å². The maximum atomic E-state index is 10.9. The van der Waals surface area contributed by atoms with Gasteiger partial charge in [0, 0.05) is 11.1 Å². The van der Waals surface area contributed by atoms with Crippen molar-refractivity contribution in [2.24, 2.45) is 0 Å². The van der Waals surface area contributed by atoms with Crippen LogP contribution >= 0.6 is 0 Å². The van der Waals surface area contributed by atoms with Gasteiger partial charge < -0.3 is 5.11 Å². The van der Waals surface area contributed by atoms with Crippen molar-refractivity contribution in [3.63, 3.8) is 0 Å². The molecule has 0 fully saturated rings. The maximum Gasteiger partial charge on any atom is 0.307 e. The molecule has 0 bridgehead atoms. The normalized spacial score (nSPS) is 11.1. The van der Waals surface area contributed by atoms with Crippen LogP contribution in [0.15, 0.2) is 24.3 Å². The van der Waals surface area contributed by atoms with Gasteiger partial charge in [-0.2, -0.15) is 0 Å². The predicted molar refractivity (Wildman–Crippen MR) is 71.9 cm³/mol. The van der Waals surface area contributed by atoms with Gasteiger partial charge in [0.25, 0.3) is 0 Å². The SMILES string of the molecule is Cc1cc(CC(=O)O)c2cc(C(C)C)ccc2n1. The summed E-state index contributed by atoms with van der Waals surface area (Å²) in [6.07, 6.45) is 0.0431. The van der Waals surface area contributed by atoms with Crippen LogP contribution in [-0.4, -0.2) is 16.1 Å². The lowest BCUT2D eigenvalue weighted by Gasteiger charge is -2.10. The van der Waals surface area contributed by atoms with Gasteiger partial charge in [0.15, 0.2) is 0 Å². The summed E-state index contributed by atoms with van der Waals surface area (Å²) in [4.78, 5) is 15.4. The van der Waals surface area contributed by atoms with Crippen molar-refractivity contribution in [3.05, 3.63) is 41.1 Å². The number of nitrogens with zero attached hydrogens (tertiary/aromatic N) is 1. The molecule has 0 radical (unpaired) electrons. The van der Waals surface area contributed by atoms with Crippen LogP contribution in [0.25, 0.3) is 10.9 Å². The molecule has 3 heteroatoms. The highest BCUT2D eigenvalue weighted by Crippen LogP contribution is 2.24. The van der Waals surface area contributed by atoms with E-state index in [-0.39, 0.29) is 6.42 Å². The molecule has 1 aromatic carbocycles. The number of carboxylic acid groups (broad SMARTS) is 1. The third-order valence-electron chi connectivity index (χ3n) is 3.05. The van der Waals surface area contributed by atoms with Gasteiger partial charge in [0.05, 0.1) is 11.9 Å². The molecular weight excluding hydrogens is 226 g/mol. The highest BCUT2D eigenvalue weighted by atomic mass is 16.4. The van der Waals surface area contributed by atoms with Gasteiger partial charge in [-0.3, -0.25) is 9.78 Å². The molecule has 0 aliphatic carbocycles. The molecule has 0 spiro atoms. The number of pyridine rings is 1. The number of carbonyl (C=O) groups is 1. The number of hydrogen-bond acceptors (Lipinski definition) is 2. The minimum Gasteiger partial charge on any atom is -0.481 e. The van der Waals surface area contributed by atoms with E-state index in [1.807, 2.05) is 19.1 Å². The first-order valence-corrected chi connectivity index (χ1v) is 6.09. The fourth-order valence-corrected chi connectivity index (χ4v) is 2.13. The molecule has 0 atom stereocenters. The first kappa shape index (κ1) is 12.6. The second kappa shape index (κ2) is 4.77. The van der Waals surface area contributed by atoms with Gasteiger partial charge >= 0.3 is 5.97 Å². The molecule has 2 rings (SSSR count). The first-order valence-electron chi connectivity index (χ1n) is 6.09. The minimum absolute atomic E-state index is 0.0431. The van der Waals surface area contributed by atoms with Crippen LogP contribution in [0.2, 0.25) is 0 Å². The van der Waals surface area contributed by atoms with Crippen molar-refractivity contribution >= 4 is 16.9 Å². The highest BCUT2D eigenvalue weighted by molar-refractivity contribution is 5.86. The third kappa shape index (κ3) is 2.50. The Bertz CT molecular complexity index is 603. The van der Waals surface area contributed by atoms with Gasteiger partial charge in [-0.15, -0.1) is 0 Å². The lowest BCUT2D eigenvalue weighted by Crippen LogP contribution is -2.02. The van der Waals surface area contributed by atoms with Gasteiger partial charge in [0.1, 0.15) is 0 Å². The van der Waals surface area contributed by atoms with Crippen molar-refractivity contribution in [1.82, 2.24) is 4.98 Å². The van der Waals surface area contributed by atoms with E-state index in [4.69, 9.17) is 5.11 Å². The topological polar surface area (TPSA) is 50.2 Å². The predicted octanol–water partition coefficient (Wildman–Crippen LogP) is 3.29. The van der Waals surface area contributed by atoms with E-state index in [1.54, 1.807) is 0 Å². The molecule has 1 heterocycles. The summed E-state index contributed by atoms with van der Waals surface area (Å²) < 4.78 is 0. The third-order valence-corrected chi connectivity index (χ3v) is 3.05. The summed E-state index contributed by atoms with van der Waals surface area (Å²) in [6.45, 7) is 6.14. The number of rotatable bonds is 3. The Hall–Kier alpha value is -1.90. The molecule has 1 N–H and O–H groups in total. The van der Waals surface area contributed by atoms with Gasteiger partial charge in [-0.1, -0.05) is 19.9 Å². The Morgan fingerprint density at radius 2 is 2.06 bits per heavy atom. The van der Waals surface area contributed by atoms with Crippen LogP contribution in [0.5, 0.6) is 0 Å².